The predicted molar refractivity (Wildman–Crippen MR) is 66.9 cm³/mol. The van der Waals surface area contributed by atoms with Gasteiger partial charge in [-0.05, 0) is 36.8 Å². The molecule has 0 aliphatic heterocycles. The molecule has 0 aliphatic carbocycles. The van der Waals surface area contributed by atoms with Crippen LogP contribution in [-0.2, 0) is 0 Å². The third-order valence-corrected chi connectivity index (χ3v) is 2.79. The number of nitrogens with zero attached hydrogens (tertiary/aromatic N) is 3. The molecule has 0 atom stereocenters. The highest BCUT2D eigenvalue weighted by Crippen LogP contribution is 2.25. The minimum atomic E-state index is 0.429. The molecule has 5 heteroatoms. The van der Waals surface area contributed by atoms with Crippen molar-refractivity contribution in [2.45, 2.75) is 6.92 Å². The molecule has 0 saturated carbocycles. The topological polar surface area (TPSA) is 75.8 Å². The summed E-state index contributed by atoms with van der Waals surface area (Å²) in [4.78, 5) is 4.32. The first-order valence-electron chi connectivity index (χ1n) is 5.65. The van der Waals surface area contributed by atoms with Crippen LogP contribution < -0.4 is 0 Å². The Labute approximate surface area is 109 Å². The second-order valence-electron chi connectivity index (χ2n) is 4.08. The van der Waals surface area contributed by atoms with E-state index in [4.69, 9.17) is 14.2 Å². The van der Waals surface area contributed by atoms with E-state index in [0.717, 1.165) is 16.7 Å². The first-order valence-corrected chi connectivity index (χ1v) is 5.65. The van der Waals surface area contributed by atoms with Crippen LogP contribution in [0.5, 0.6) is 0 Å². The summed E-state index contributed by atoms with van der Waals surface area (Å²) >= 11 is 0. The van der Waals surface area contributed by atoms with Gasteiger partial charge < -0.3 is 8.94 Å². The lowest BCUT2D eigenvalue weighted by molar-refractivity contribution is 0.432. The molecule has 3 rings (SSSR count). The zero-order valence-electron chi connectivity index (χ0n) is 10.1. The molecule has 0 aliphatic rings. The van der Waals surface area contributed by atoms with Gasteiger partial charge in [0, 0.05) is 5.56 Å². The predicted octanol–water partition coefficient (Wildman–Crippen LogP) is 3.18. The zero-order valence-corrected chi connectivity index (χ0v) is 10.1. The highest BCUT2D eigenvalue weighted by Gasteiger charge is 2.13. The van der Waals surface area contributed by atoms with E-state index in [1.54, 1.807) is 36.8 Å². The Balaban J connectivity index is 2.02. The average Bonchev–Trinajstić information content (AvgIpc) is 3.09. The lowest BCUT2D eigenvalue weighted by Gasteiger charge is -1.99. The zero-order chi connectivity index (χ0) is 13.2. The van der Waals surface area contributed by atoms with Gasteiger partial charge in [0.1, 0.15) is 6.26 Å². The van der Waals surface area contributed by atoms with E-state index >= 15 is 0 Å². The molecule has 1 aromatic carbocycles. The molecule has 0 amide bonds. The van der Waals surface area contributed by atoms with Gasteiger partial charge in [-0.15, -0.1) is 0 Å². The Kier molecular flexibility index (Phi) is 2.62. The Morgan fingerprint density at radius 3 is 2.84 bits per heavy atom. The lowest BCUT2D eigenvalue weighted by atomic mass is 10.1. The third-order valence-electron chi connectivity index (χ3n) is 2.79. The molecule has 0 bridgehead atoms. The monoisotopic (exact) mass is 251 g/mol. The van der Waals surface area contributed by atoms with Crippen LogP contribution in [-0.4, -0.2) is 10.1 Å². The first-order chi connectivity index (χ1) is 9.28. The van der Waals surface area contributed by atoms with Crippen molar-refractivity contribution < 1.29 is 8.94 Å². The first kappa shape index (κ1) is 11.2. The van der Waals surface area contributed by atoms with Crippen LogP contribution in [0.2, 0.25) is 0 Å². The minimum absolute atomic E-state index is 0.429. The number of benzene rings is 1. The van der Waals surface area contributed by atoms with Crippen molar-refractivity contribution in [2.75, 3.05) is 0 Å². The molecule has 19 heavy (non-hydrogen) atoms. The standard InChI is InChI=1S/C14H9N3O2/c1-9-6-10(7-15)2-3-12(9)14-16-13(17-19-14)11-4-5-18-8-11/h2-6,8H,1H3. The second-order valence-corrected chi connectivity index (χ2v) is 4.08. The molecular formula is C14H9N3O2. The van der Waals surface area contributed by atoms with Crippen molar-refractivity contribution >= 4 is 0 Å². The fourth-order valence-corrected chi connectivity index (χ4v) is 1.82. The smallest absolute Gasteiger partial charge is 0.258 e. The van der Waals surface area contributed by atoms with Gasteiger partial charge in [0.2, 0.25) is 5.82 Å². The van der Waals surface area contributed by atoms with E-state index < -0.39 is 0 Å². The van der Waals surface area contributed by atoms with Crippen molar-refractivity contribution in [3.63, 3.8) is 0 Å². The summed E-state index contributed by atoms with van der Waals surface area (Å²) in [7, 11) is 0. The van der Waals surface area contributed by atoms with E-state index in [2.05, 4.69) is 16.2 Å². The number of furan rings is 1. The highest BCUT2D eigenvalue weighted by atomic mass is 16.5. The highest BCUT2D eigenvalue weighted by molar-refractivity contribution is 5.63. The molecular weight excluding hydrogens is 242 g/mol. The van der Waals surface area contributed by atoms with Gasteiger partial charge in [0.25, 0.3) is 5.89 Å². The maximum Gasteiger partial charge on any atom is 0.258 e. The second kappa shape index (κ2) is 4.42. The number of rotatable bonds is 2. The summed E-state index contributed by atoms with van der Waals surface area (Å²) < 4.78 is 10.2. The van der Waals surface area contributed by atoms with Crippen molar-refractivity contribution in [3.05, 3.63) is 47.9 Å². The third kappa shape index (κ3) is 2.00. The summed E-state index contributed by atoms with van der Waals surface area (Å²) in [5.41, 5.74) is 3.11. The molecule has 0 saturated heterocycles. The quantitative estimate of drug-likeness (QED) is 0.699. The van der Waals surface area contributed by atoms with Crippen molar-refractivity contribution in [1.82, 2.24) is 10.1 Å². The van der Waals surface area contributed by atoms with Crippen LogP contribution in [0.4, 0.5) is 0 Å². The lowest BCUT2D eigenvalue weighted by Crippen LogP contribution is -1.85. The van der Waals surface area contributed by atoms with Gasteiger partial charge in [0.05, 0.1) is 23.5 Å². The number of hydrogen-bond acceptors (Lipinski definition) is 5. The Bertz CT molecular complexity index is 751. The molecule has 92 valence electrons. The SMILES string of the molecule is Cc1cc(C#N)ccc1-c1nc(-c2ccoc2)no1. The molecule has 3 aromatic rings. The van der Waals surface area contributed by atoms with Gasteiger partial charge >= 0.3 is 0 Å². The van der Waals surface area contributed by atoms with Gasteiger partial charge in [-0.2, -0.15) is 10.2 Å². The molecule has 0 radical (unpaired) electrons. The molecule has 2 heterocycles. The largest absolute Gasteiger partial charge is 0.472 e. The van der Waals surface area contributed by atoms with Gasteiger partial charge in [-0.25, -0.2) is 0 Å². The fourth-order valence-electron chi connectivity index (χ4n) is 1.82. The molecule has 0 fully saturated rings. The maximum absolute atomic E-state index is 8.84. The molecule has 0 unspecified atom stereocenters. The molecule has 2 aromatic heterocycles. The Morgan fingerprint density at radius 1 is 1.26 bits per heavy atom. The van der Waals surface area contributed by atoms with Gasteiger partial charge in [-0.3, -0.25) is 0 Å². The van der Waals surface area contributed by atoms with Crippen molar-refractivity contribution in [3.8, 4) is 28.9 Å². The maximum atomic E-state index is 8.84. The summed E-state index contributed by atoms with van der Waals surface area (Å²) in [5, 5.41) is 12.7. The van der Waals surface area contributed by atoms with E-state index in [9.17, 15) is 0 Å². The van der Waals surface area contributed by atoms with Crippen molar-refractivity contribution in [2.24, 2.45) is 0 Å². The van der Waals surface area contributed by atoms with Crippen LogP contribution in [0, 0.1) is 18.3 Å². The Hall–Kier alpha value is -2.87. The molecule has 0 N–H and O–H groups in total. The fraction of sp³-hybridized carbons (Fsp3) is 0.0714. The van der Waals surface area contributed by atoms with E-state index in [1.807, 2.05) is 6.92 Å². The van der Waals surface area contributed by atoms with E-state index in [-0.39, 0.29) is 0 Å². The normalized spacial score (nSPS) is 10.3. The molecule has 0 spiro atoms. The van der Waals surface area contributed by atoms with Crippen LogP contribution in [0.15, 0.2) is 45.7 Å². The summed E-state index contributed by atoms with van der Waals surface area (Å²) in [6, 6.07) is 9.18. The van der Waals surface area contributed by atoms with Crippen LogP contribution in [0.1, 0.15) is 11.1 Å². The van der Waals surface area contributed by atoms with E-state index in [1.165, 1.54) is 0 Å². The van der Waals surface area contributed by atoms with Crippen LogP contribution >= 0.6 is 0 Å². The minimum Gasteiger partial charge on any atom is -0.472 e. The van der Waals surface area contributed by atoms with Crippen molar-refractivity contribution in [1.29, 1.82) is 5.26 Å². The van der Waals surface area contributed by atoms with Gasteiger partial charge in [-0.1, -0.05) is 5.16 Å². The average molecular weight is 251 g/mol. The van der Waals surface area contributed by atoms with Gasteiger partial charge in [0.15, 0.2) is 0 Å². The summed E-state index contributed by atoms with van der Waals surface area (Å²) in [5.74, 6) is 0.908. The molecule has 5 nitrogen and oxygen atoms in total. The summed E-state index contributed by atoms with van der Waals surface area (Å²) in [6.07, 6.45) is 3.11. The van der Waals surface area contributed by atoms with E-state index in [0.29, 0.717) is 17.3 Å². The number of hydrogen-bond donors (Lipinski definition) is 0. The number of aromatic nitrogens is 2. The van der Waals surface area contributed by atoms with Crippen LogP contribution in [0.3, 0.4) is 0 Å². The number of nitriles is 1. The van der Waals surface area contributed by atoms with Crippen LogP contribution in [0.25, 0.3) is 22.8 Å². The Morgan fingerprint density at radius 2 is 2.16 bits per heavy atom. The summed E-state index contributed by atoms with van der Waals surface area (Å²) in [6.45, 7) is 1.90. The number of aryl methyl sites for hydroxylation is 1.